The van der Waals surface area contributed by atoms with Crippen LogP contribution in [0.3, 0.4) is 0 Å². The van der Waals surface area contributed by atoms with Gasteiger partial charge in [0, 0.05) is 0 Å². The predicted molar refractivity (Wildman–Crippen MR) is 75.2 cm³/mol. The minimum absolute atomic E-state index is 0.142. The van der Waals surface area contributed by atoms with Crippen LogP contribution < -0.4 is 0 Å². The van der Waals surface area contributed by atoms with E-state index in [1.165, 1.54) is 25.7 Å². The first-order valence-electron chi connectivity index (χ1n) is 7.38. The van der Waals surface area contributed by atoms with Gasteiger partial charge in [0.25, 0.3) is 0 Å². The van der Waals surface area contributed by atoms with Crippen LogP contribution in [0.4, 0.5) is 0 Å². The molecule has 3 fully saturated rings. The minimum atomic E-state index is 0.142. The number of rotatable bonds is 0. The molecule has 1 aliphatic carbocycles. The van der Waals surface area contributed by atoms with Crippen molar-refractivity contribution in [3.63, 3.8) is 0 Å². The van der Waals surface area contributed by atoms with Gasteiger partial charge < -0.3 is 4.74 Å². The fourth-order valence-electron chi connectivity index (χ4n) is 3.65. The van der Waals surface area contributed by atoms with E-state index in [4.69, 9.17) is 4.74 Å². The first-order valence-corrected chi connectivity index (χ1v) is 7.38. The van der Waals surface area contributed by atoms with Crippen molar-refractivity contribution in [1.29, 1.82) is 0 Å². The van der Waals surface area contributed by atoms with E-state index in [2.05, 4.69) is 34.6 Å². The van der Waals surface area contributed by atoms with Crippen LogP contribution in [0.2, 0.25) is 0 Å². The van der Waals surface area contributed by atoms with Crippen LogP contribution in [0.15, 0.2) is 0 Å². The molecule has 2 aliphatic heterocycles. The van der Waals surface area contributed by atoms with Gasteiger partial charge >= 0.3 is 0 Å². The molecule has 2 unspecified atom stereocenters. The van der Waals surface area contributed by atoms with Crippen molar-refractivity contribution in [2.75, 3.05) is 6.61 Å². The second-order valence-corrected chi connectivity index (χ2v) is 7.51. The molecule has 0 radical (unpaired) electrons. The van der Waals surface area contributed by atoms with Gasteiger partial charge in [-0.1, -0.05) is 48.5 Å². The normalized spacial score (nSPS) is 35.8. The highest BCUT2D eigenvalue weighted by Crippen LogP contribution is 2.54. The quantitative estimate of drug-likeness (QED) is 0.576. The van der Waals surface area contributed by atoms with E-state index in [1.807, 2.05) is 13.8 Å². The molecule has 0 spiro atoms. The summed E-state index contributed by atoms with van der Waals surface area (Å²) < 4.78 is 6.29. The fraction of sp³-hybridized carbons (Fsp3) is 1.00. The van der Waals surface area contributed by atoms with Crippen LogP contribution in [0.5, 0.6) is 0 Å². The van der Waals surface area contributed by atoms with Gasteiger partial charge in [-0.15, -0.1) is 0 Å². The molecule has 3 rings (SSSR count). The molecule has 2 bridgehead atoms. The minimum Gasteiger partial charge on any atom is -0.374 e. The monoisotopic (exact) mass is 240 g/mol. The third-order valence-corrected chi connectivity index (χ3v) is 4.52. The summed E-state index contributed by atoms with van der Waals surface area (Å²) in [7, 11) is 0. The van der Waals surface area contributed by atoms with Crippen LogP contribution in [0.25, 0.3) is 0 Å². The molecule has 0 aromatic heterocycles. The molecule has 1 heteroatoms. The molecule has 1 saturated carbocycles. The Morgan fingerprint density at radius 2 is 1.71 bits per heavy atom. The lowest BCUT2D eigenvalue weighted by molar-refractivity contribution is -0.156. The van der Waals surface area contributed by atoms with Crippen LogP contribution >= 0.6 is 0 Å². The Kier molecular flexibility index (Phi) is 4.34. The standard InChI is InChI=1S/C14H26O.C2H6/c1-12(2,3)14-7-6-11(9-15-14)8-13(4,5)10-14;1-2/h11H,6-10H2,1-5H3;1-2H3. The lowest BCUT2D eigenvalue weighted by Crippen LogP contribution is -2.48. The van der Waals surface area contributed by atoms with Gasteiger partial charge in [0.1, 0.15) is 0 Å². The van der Waals surface area contributed by atoms with Crippen LogP contribution in [0, 0.1) is 16.7 Å². The number of hydrogen-bond acceptors (Lipinski definition) is 1. The number of fused-ring (bicyclic) bond motifs is 4. The van der Waals surface area contributed by atoms with Crippen LogP contribution in [-0.2, 0) is 4.74 Å². The van der Waals surface area contributed by atoms with Crippen molar-refractivity contribution in [3.8, 4) is 0 Å². The number of hydrogen-bond donors (Lipinski definition) is 0. The van der Waals surface area contributed by atoms with Crippen LogP contribution in [0.1, 0.15) is 74.1 Å². The zero-order valence-electron chi connectivity index (χ0n) is 13.0. The maximum atomic E-state index is 6.29. The summed E-state index contributed by atoms with van der Waals surface area (Å²) in [6.45, 7) is 16.9. The average Bonchev–Trinajstić information content (AvgIpc) is 2.43. The molecule has 0 amide bonds. The van der Waals surface area contributed by atoms with Crippen molar-refractivity contribution in [3.05, 3.63) is 0 Å². The van der Waals surface area contributed by atoms with Crippen molar-refractivity contribution < 1.29 is 4.74 Å². The second-order valence-electron chi connectivity index (χ2n) is 7.51. The molecule has 0 N–H and O–H groups in total. The van der Waals surface area contributed by atoms with Crippen LogP contribution in [-0.4, -0.2) is 12.2 Å². The molecule has 2 heterocycles. The van der Waals surface area contributed by atoms with Gasteiger partial charge in [-0.3, -0.25) is 0 Å². The van der Waals surface area contributed by atoms with Gasteiger partial charge in [-0.2, -0.15) is 0 Å². The van der Waals surface area contributed by atoms with E-state index in [0.717, 1.165) is 12.5 Å². The molecule has 1 nitrogen and oxygen atoms in total. The van der Waals surface area contributed by atoms with Gasteiger partial charge in [0.2, 0.25) is 0 Å². The SMILES string of the molecule is CC.CC1(C)CC2CCC(C(C)(C)C)(C1)OC2. The highest BCUT2D eigenvalue weighted by atomic mass is 16.5. The zero-order chi connectivity index (χ0) is 13.3. The molecule has 3 aliphatic rings. The topological polar surface area (TPSA) is 9.23 Å². The predicted octanol–water partition coefficient (Wildman–Crippen LogP) is 5.04. The fourth-order valence-corrected chi connectivity index (χ4v) is 3.65. The van der Waals surface area contributed by atoms with Crippen molar-refractivity contribution in [1.82, 2.24) is 0 Å². The Balaban J connectivity index is 0.000000686. The molecule has 2 saturated heterocycles. The lowest BCUT2D eigenvalue weighted by Gasteiger charge is -2.48. The summed E-state index contributed by atoms with van der Waals surface area (Å²) >= 11 is 0. The van der Waals surface area contributed by atoms with Crippen molar-refractivity contribution in [2.24, 2.45) is 16.7 Å². The molecule has 0 aromatic carbocycles. The third kappa shape index (κ3) is 3.05. The Morgan fingerprint density at radius 1 is 1.12 bits per heavy atom. The van der Waals surface area contributed by atoms with Gasteiger partial charge in [0.05, 0.1) is 12.2 Å². The Labute approximate surface area is 108 Å². The van der Waals surface area contributed by atoms with Gasteiger partial charge in [-0.05, 0) is 42.4 Å². The van der Waals surface area contributed by atoms with Crippen molar-refractivity contribution in [2.45, 2.75) is 79.8 Å². The molecule has 2 atom stereocenters. The smallest absolute Gasteiger partial charge is 0.0735 e. The summed E-state index contributed by atoms with van der Waals surface area (Å²) in [6.07, 6.45) is 5.23. The zero-order valence-corrected chi connectivity index (χ0v) is 13.0. The molecular weight excluding hydrogens is 208 g/mol. The molecule has 102 valence electrons. The van der Waals surface area contributed by atoms with E-state index in [0.29, 0.717) is 5.41 Å². The largest absolute Gasteiger partial charge is 0.374 e. The van der Waals surface area contributed by atoms with E-state index in [1.54, 1.807) is 0 Å². The average molecular weight is 240 g/mol. The van der Waals surface area contributed by atoms with E-state index >= 15 is 0 Å². The maximum Gasteiger partial charge on any atom is 0.0735 e. The summed E-state index contributed by atoms with van der Waals surface area (Å²) in [5, 5.41) is 0. The second kappa shape index (κ2) is 4.91. The Morgan fingerprint density at radius 3 is 2.12 bits per heavy atom. The van der Waals surface area contributed by atoms with E-state index < -0.39 is 0 Å². The summed E-state index contributed by atoms with van der Waals surface area (Å²) in [4.78, 5) is 0. The van der Waals surface area contributed by atoms with Crippen molar-refractivity contribution >= 4 is 0 Å². The number of ether oxygens (including phenoxy) is 1. The first kappa shape index (κ1) is 15.0. The highest BCUT2D eigenvalue weighted by Gasteiger charge is 2.51. The molecule has 17 heavy (non-hydrogen) atoms. The first-order chi connectivity index (χ1) is 7.74. The Hall–Kier alpha value is -0.0400. The summed E-state index contributed by atoms with van der Waals surface area (Å²) in [5.41, 5.74) is 0.883. The molecule has 0 aromatic rings. The van der Waals surface area contributed by atoms with Gasteiger partial charge in [0.15, 0.2) is 0 Å². The molecular formula is C16H32O. The third-order valence-electron chi connectivity index (χ3n) is 4.52. The van der Waals surface area contributed by atoms with E-state index in [-0.39, 0.29) is 11.0 Å². The van der Waals surface area contributed by atoms with E-state index in [9.17, 15) is 0 Å². The van der Waals surface area contributed by atoms with Gasteiger partial charge in [-0.25, -0.2) is 0 Å². The summed E-state index contributed by atoms with van der Waals surface area (Å²) in [5.74, 6) is 0.818. The lowest BCUT2D eigenvalue weighted by atomic mass is 9.67. The Bertz CT molecular complexity index is 239. The maximum absolute atomic E-state index is 6.29. The highest BCUT2D eigenvalue weighted by molar-refractivity contribution is 5.02. The summed E-state index contributed by atoms with van der Waals surface area (Å²) in [6, 6.07) is 0.